The zero-order chi connectivity index (χ0) is 13.1. The van der Waals surface area contributed by atoms with Crippen molar-refractivity contribution in [1.29, 1.82) is 0 Å². The second kappa shape index (κ2) is 5.40. The van der Waals surface area contributed by atoms with Gasteiger partial charge in [0.15, 0.2) is 0 Å². The highest BCUT2D eigenvalue weighted by Crippen LogP contribution is 2.29. The van der Waals surface area contributed by atoms with E-state index in [0.29, 0.717) is 5.76 Å². The normalized spacial score (nSPS) is 12.7. The molecule has 0 bridgehead atoms. The zero-order valence-corrected chi connectivity index (χ0v) is 11.2. The molecule has 2 rings (SSSR count). The summed E-state index contributed by atoms with van der Waals surface area (Å²) in [6.45, 7) is 6.18. The van der Waals surface area contributed by atoms with Crippen LogP contribution in [-0.4, -0.2) is 5.11 Å². The number of aryl methyl sites for hydroxylation is 3. The Balaban J connectivity index is 2.45. The van der Waals surface area contributed by atoms with Crippen LogP contribution in [-0.2, 0) is 12.8 Å². The maximum absolute atomic E-state index is 10.5. The molecule has 96 valence electrons. The van der Waals surface area contributed by atoms with E-state index in [1.807, 2.05) is 13.0 Å². The van der Waals surface area contributed by atoms with Crippen molar-refractivity contribution >= 4 is 0 Å². The molecule has 0 amide bonds. The van der Waals surface area contributed by atoms with Crippen molar-refractivity contribution in [2.45, 2.75) is 39.7 Å². The third-order valence-corrected chi connectivity index (χ3v) is 3.44. The standard InChI is InChI=1S/C16H20O2/c1-4-12-6-7-13(5-2)14(10-12)15(17)16-11(3)8-9-18-16/h6-10,15,17H,4-5H2,1-3H3. The first-order valence-electron chi connectivity index (χ1n) is 6.51. The summed E-state index contributed by atoms with van der Waals surface area (Å²) in [5, 5.41) is 10.5. The van der Waals surface area contributed by atoms with E-state index in [1.54, 1.807) is 6.26 Å². The molecule has 0 saturated heterocycles. The van der Waals surface area contributed by atoms with Gasteiger partial charge < -0.3 is 9.52 Å². The first-order valence-corrected chi connectivity index (χ1v) is 6.51. The molecule has 0 aliphatic rings. The van der Waals surface area contributed by atoms with E-state index in [-0.39, 0.29) is 0 Å². The zero-order valence-electron chi connectivity index (χ0n) is 11.2. The Labute approximate surface area is 108 Å². The highest BCUT2D eigenvalue weighted by atomic mass is 16.4. The minimum Gasteiger partial charge on any atom is -0.466 e. The molecule has 1 unspecified atom stereocenters. The summed E-state index contributed by atoms with van der Waals surface area (Å²) in [6, 6.07) is 8.21. The number of benzene rings is 1. The lowest BCUT2D eigenvalue weighted by Gasteiger charge is -2.15. The van der Waals surface area contributed by atoms with E-state index >= 15 is 0 Å². The molecule has 0 fully saturated rings. The molecule has 0 aliphatic heterocycles. The van der Waals surface area contributed by atoms with Gasteiger partial charge in [-0.1, -0.05) is 32.0 Å². The quantitative estimate of drug-likeness (QED) is 0.887. The minimum absolute atomic E-state index is 0.651. The highest BCUT2D eigenvalue weighted by molar-refractivity contribution is 5.38. The van der Waals surface area contributed by atoms with Gasteiger partial charge in [-0.3, -0.25) is 0 Å². The summed E-state index contributed by atoms with van der Waals surface area (Å²) in [4.78, 5) is 0. The molecule has 2 aromatic rings. The number of hydrogen-bond donors (Lipinski definition) is 1. The van der Waals surface area contributed by atoms with Gasteiger partial charge in [0.1, 0.15) is 11.9 Å². The number of rotatable bonds is 4. The van der Waals surface area contributed by atoms with Gasteiger partial charge in [-0.05, 0) is 48.1 Å². The molecular formula is C16H20O2. The van der Waals surface area contributed by atoms with E-state index in [9.17, 15) is 5.11 Å². The molecule has 18 heavy (non-hydrogen) atoms. The topological polar surface area (TPSA) is 33.4 Å². The molecule has 2 heteroatoms. The predicted octanol–water partition coefficient (Wildman–Crippen LogP) is 3.79. The Kier molecular flexibility index (Phi) is 3.87. The third kappa shape index (κ3) is 2.34. The fourth-order valence-corrected chi connectivity index (χ4v) is 2.25. The maximum Gasteiger partial charge on any atom is 0.139 e. The van der Waals surface area contributed by atoms with Gasteiger partial charge in [-0.15, -0.1) is 0 Å². The summed E-state index contributed by atoms with van der Waals surface area (Å²) in [7, 11) is 0. The SMILES string of the molecule is CCc1ccc(CC)c(C(O)c2occc2C)c1. The van der Waals surface area contributed by atoms with E-state index in [4.69, 9.17) is 4.42 Å². The van der Waals surface area contributed by atoms with Crippen LogP contribution in [0.1, 0.15) is 48.0 Å². The summed E-state index contributed by atoms with van der Waals surface area (Å²) in [6.07, 6.45) is 2.85. The number of furan rings is 1. The molecule has 1 aromatic heterocycles. The van der Waals surface area contributed by atoms with Gasteiger partial charge in [-0.2, -0.15) is 0 Å². The minimum atomic E-state index is -0.665. The average molecular weight is 244 g/mol. The third-order valence-electron chi connectivity index (χ3n) is 3.44. The molecule has 1 heterocycles. The lowest BCUT2D eigenvalue weighted by Crippen LogP contribution is -2.04. The average Bonchev–Trinajstić information content (AvgIpc) is 2.83. The van der Waals surface area contributed by atoms with Crippen LogP contribution in [0.2, 0.25) is 0 Å². The van der Waals surface area contributed by atoms with Gasteiger partial charge in [0.25, 0.3) is 0 Å². The fraction of sp³-hybridized carbons (Fsp3) is 0.375. The van der Waals surface area contributed by atoms with Crippen LogP contribution in [0, 0.1) is 6.92 Å². The fourth-order valence-electron chi connectivity index (χ4n) is 2.25. The molecule has 0 saturated carbocycles. The number of aliphatic hydroxyl groups is 1. The Morgan fingerprint density at radius 2 is 1.94 bits per heavy atom. The number of aliphatic hydroxyl groups excluding tert-OH is 1. The van der Waals surface area contributed by atoms with Gasteiger partial charge in [-0.25, -0.2) is 0 Å². The van der Waals surface area contributed by atoms with Crippen molar-refractivity contribution in [3.05, 3.63) is 58.5 Å². The Morgan fingerprint density at radius 3 is 2.50 bits per heavy atom. The van der Waals surface area contributed by atoms with Crippen molar-refractivity contribution in [1.82, 2.24) is 0 Å². The lowest BCUT2D eigenvalue weighted by atomic mass is 9.95. The molecule has 0 spiro atoms. The molecule has 2 nitrogen and oxygen atoms in total. The van der Waals surface area contributed by atoms with Gasteiger partial charge in [0, 0.05) is 0 Å². The second-order valence-electron chi connectivity index (χ2n) is 4.61. The van der Waals surface area contributed by atoms with Crippen molar-refractivity contribution in [2.75, 3.05) is 0 Å². The predicted molar refractivity (Wildman–Crippen MR) is 72.7 cm³/mol. The van der Waals surface area contributed by atoms with Crippen LogP contribution in [0.4, 0.5) is 0 Å². The van der Waals surface area contributed by atoms with Crippen LogP contribution in [0.15, 0.2) is 34.9 Å². The summed E-state index contributed by atoms with van der Waals surface area (Å²) < 4.78 is 5.40. The largest absolute Gasteiger partial charge is 0.466 e. The Hall–Kier alpha value is -1.54. The van der Waals surface area contributed by atoms with Crippen molar-refractivity contribution < 1.29 is 9.52 Å². The van der Waals surface area contributed by atoms with Crippen molar-refractivity contribution in [3.63, 3.8) is 0 Å². The van der Waals surface area contributed by atoms with E-state index in [0.717, 1.165) is 24.0 Å². The smallest absolute Gasteiger partial charge is 0.139 e. The lowest BCUT2D eigenvalue weighted by molar-refractivity contribution is 0.187. The van der Waals surface area contributed by atoms with Crippen LogP contribution in [0.3, 0.4) is 0 Å². The van der Waals surface area contributed by atoms with Crippen LogP contribution in [0.25, 0.3) is 0 Å². The van der Waals surface area contributed by atoms with Crippen LogP contribution in [0.5, 0.6) is 0 Å². The van der Waals surface area contributed by atoms with E-state index in [1.165, 1.54) is 11.1 Å². The van der Waals surface area contributed by atoms with Crippen LogP contribution < -0.4 is 0 Å². The van der Waals surface area contributed by atoms with Gasteiger partial charge >= 0.3 is 0 Å². The summed E-state index contributed by atoms with van der Waals surface area (Å²) in [5.41, 5.74) is 4.38. The maximum atomic E-state index is 10.5. The molecule has 1 N–H and O–H groups in total. The molecule has 1 aromatic carbocycles. The Bertz CT molecular complexity index is 526. The van der Waals surface area contributed by atoms with Gasteiger partial charge in [0.2, 0.25) is 0 Å². The highest BCUT2D eigenvalue weighted by Gasteiger charge is 2.19. The molecule has 0 aliphatic carbocycles. The van der Waals surface area contributed by atoms with E-state index < -0.39 is 6.10 Å². The molecular weight excluding hydrogens is 224 g/mol. The first kappa shape index (κ1) is 12.9. The van der Waals surface area contributed by atoms with Crippen molar-refractivity contribution in [2.24, 2.45) is 0 Å². The first-order chi connectivity index (χ1) is 8.67. The van der Waals surface area contributed by atoms with Crippen molar-refractivity contribution in [3.8, 4) is 0 Å². The number of hydrogen-bond acceptors (Lipinski definition) is 2. The second-order valence-corrected chi connectivity index (χ2v) is 4.61. The van der Waals surface area contributed by atoms with Gasteiger partial charge in [0.05, 0.1) is 6.26 Å². The van der Waals surface area contributed by atoms with Crippen LogP contribution >= 0.6 is 0 Å². The molecule has 1 atom stereocenters. The Morgan fingerprint density at radius 1 is 1.17 bits per heavy atom. The molecule has 0 radical (unpaired) electrons. The monoisotopic (exact) mass is 244 g/mol. The summed E-state index contributed by atoms with van der Waals surface area (Å²) in [5.74, 6) is 0.651. The summed E-state index contributed by atoms with van der Waals surface area (Å²) >= 11 is 0. The van der Waals surface area contributed by atoms with E-state index in [2.05, 4.69) is 32.0 Å².